The van der Waals surface area contributed by atoms with Gasteiger partial charge in [0.15, 0.2) is 0 Å². The number of carbonyl (C=O) groups excluding carboxylic acids is 2. The number of nitro benzene ring substituents is 1. The molecular weight excluding hydrogens is 470 g/mol. The molecule has 0 spiro atoms. The molecule has 0 bridgehead atoms. The second kappa shape index (κ2) is 7.68. The molecule has 1 aliphatic heterocycles. The van der Waals surface area contributed by atoms with Crippen LogP contribution in [0, 0.1) is 10.1 Å². The van der Waals surface area contributed by atoms with Crippen LogP contribution in [0.4, 0.5) is 10.8 Å². The highest BCUT2D eigenvalue weighted by molar-refractivity contribution is 7.93. The summed E-state index contributed by atoms with van der Waals surface area (Å²) in [7, 11) is -4.22. The number of aromatic nitrogens is 2. The number of amides is 2. The van der Waals surface area contributed by atoms with Crippen LogP contribution in [0.2, 0.25) is 5.02 Å². The number of nitrogens with one attached hydrogen (secondary N) is 1. The van der Waals surface area contributed by atoms with Crippen molar-refractivity contribution in [3.05, 3.63) is 73.7 Å². The van der Waals surface area contributed by atoms with Gasteiger partial charge in [0.1, 0.15) is 10.0 Å². The normalized spacial score (nSPS) is 13.4. The topological polar surface area (TPSA) is 152 Å². The Morgan fingerprint density at radius 3 is 2.35 bits per heavy atom. The second-order valence-electron chi connectivity index (χ2n) is 6.22. The van der Waals surface area contributed by atoms with Gasteiger partial charge in [-0.2, -0.15) is 0 Å². The number of nitro groups is 1. The Hall–Kier alpha value is -3.42. The van der Waals surface area contributed by atoms with Crippen LogP contribution >= 0.6 is 22.9 Å². The van der Waals surface area contributed by atoms with Crippen LogP contribution in [-0.4, -0.2) is 40.3 Å². The van der Waals surface area contributed by atoms with Gasteiger partial charge in [-0.3, -0.25) is 29.3 Å². The molecule has 0 saturated carbocycles. The molecule has 14 heteroatoms. The number of benzene rings is 2. The van der Waals surface area contributed by atoms with Crippen molar-refractivity contribution in [1.29, 1.82) is 0 Å². The van der Waals surface area contributed by atoms with E-state index in [2.05, 4.69) is 14.9 Å². The first-order valence-electron chi connectivity index (χ1n) is 8.42. The van der Waals surface area contributed by atoms with E-state index in [1.165, 1.54) is 0 Å². The predicted molar refractivity (Wildman–Crippen MR) is 109 cm³/mol. The van der Waals surface area contributed by atoms with Crippen molar-refractivity contribution in [3.63, 3.8) is 0 Å². The summed E-state index contributed by atoms with van der Waals surface area (Å²) < 4.78 is 27.2. The third-order valence-electron chi connectivity index (χ3n) is 4.28. The zero-order valence-electron chi connectivity index (χ0n) is 15.2. The molecular formula is C17H10ClN5O6S2. The van der Waals surface area contributed by atoms with Crippen molar-refractivity contribution < 1.29 is 22.9 Å². The summed E-state index contributed by atoms with van der Waals surface area (Å²) in [6.45, 7) is -0.182. The summed E-state index contributed by atoms with van der Waals surface area (Å²) in [6, 6.07) is 9.41. The first-order chi connectivity index (χ1) is 14.7. The summed E-state index contributed by atoms with van der Waals surface area (Å²) in [4.78, 5) is 35.7. The van der Waals surface area contributed by atoms with Crippen LogP contribution in [0.25, 0.3) is 0 Å². The molecule has 3 aromatic rings. The average molecular weight is 480 g/mol. The monoisotopic (exact) mass is 479 g/mol. The zero-order valence-corrected chi connectivity index (χ0v) is 17.6. The highest BCUT2D eigenvalue weighted by Crippen LogP contribution is 2.29. The Labute approximate surface area is 183 Å². The third kappa shape index (κ3) is 3.85. The van der Waals surface area contributed by atoms with E-state index in [0.29, 0.717) is 0 Å². The smallest absolute Gasteiger partial charge is 0.269 e. The predicted octanol–water partition coefficient (Wildman–Crippen LogP) is 2.70. The molecule has 0 atom stereocenters. The van der Waals surface area contributed by atoms with Crippen molar-refractivity contribution in [3.8, 4) is 0 Å². The molecule has 0 saturated heterocycles. The highest BCUT2D eigenvalue weighted by Gasteiger charge is 2.35. The number of sulfonamides is 1. The lowest BCUT2D eigenvalue weighted by molar-refractivity contribution is -0.384. The van der Waals surface area contributed by atoms with E-state index < -0.39 is 32.4 Å². The van der Waals surface area contributed by atoms with Gasteiger partial charge >= 0.3 is 0 Å². The van der Waals surface area contributed by atoms with E-state index in [-0.39, 0.29) is 37.7 Å². The van der Waals surface area contributed by atoms with Crippen LogP contribution in [0.3, 0.4) is 0 Å². The maximum absolute atomic E-state index is 12.5. The molecule has 4 rings (SSSR count). The highest BCUT2D eigenvalue weighted by atomic mass is 35.5. The Morgan fingerprint density at radius 2 is 1.74 bits per heavy atom. The van der Waals surface area contributed by atoms with Gasteiger partial charge in [0.25, 0.3) is 27.5 Å². The molecule has 0 fully saturated rings. The lowest BCUT2D eigenvalue weighted by Crippen LogP contribution is -2.29. The SMILES string of the molecule is O=C1c2ccccc2C(=O)N1Cc1nnc(NS(=O)(=O)c2ccc(Cl)c([N+](=O)[O-])c2)s1. The maximum atomic E-state index is 12.5. The van der Waals surface area contributed by atoms with E-state index >= 15 is 0 Å². The zero-order chi connectivity index (χ0) is 22.3. The molecule has 2 aromatic carbocycles. The van der Waals surface area contributed by atoms with E-state index in [0.717, 1.165) is 34.4 Å². The number of hydrogen-bond acceptors (Lipinski definition) is 9. The Kier molecular flexibility index (Phi) is 5.16. The lowest BCUT2D eigenvalue weighted by Gasteiger charge is -2.10. The maximum Gasteiger partial charge on any atom is 0.289 e. The fraction of sp³-hybridized carbons (Fsp3) is 0.0588. The Balaban J connectivity index is 1.52. The van der Waals surface area contributed by atoms with E-state index in [4.69, 9.17) is 11.6 Å². The number of nitrogens with zero attached hydrogens (tertiary/aromatic N) is 4. The molecule has 0 radical (unpaired) electrons. The van der Waals surface area contributed by atoms with Gasteiger partial charge < -0.3 is 0 Å². The van der Waals surface area contributed by atoms with Gasteiger partial charge in [-0.15, -0.1) is 10.2 Å². The van der Waals surface area contributed by atoms with Gasteiger partial charge in [-0.05, 0) is 24.3 Å². The third-order valence-corrected chi connectivity index (χ3v) is 6.89. The molecule has 2 amide bonds. The summed E-state index contributed by atoms with van der Waals surface area (Å²) >= 11 is 6.53. The number of fused-ring (bicyclic) bond motifs is 1. The van der Waals surface area contributed by atoms with Crippen LogP contribution < -0.4 is 4.72 Å². The summed E-state index contributed by atoms with van der Waals surface area (Å²) in [5, 5.41) is 18.4. The van der Waals surface area contributed by atoms with Crippen molar-refractivity contribution in [2.45, 2.75) is 11.4 Å². The van der Waals surface area contributed by atoms with Crippen molar-refractivity contribution in [2.24, 2.45) is 0 Å². The van der Waals surface area contributed by atoms with Crippen LogP contribution in [0.1, 0.15) is 25.7 Å². The summed E-state index contributed by atoms with van der Waals surface area (Å²) in [5.41, 5.74) is -0.00216. The number of hydrogen-bond donors (Lipinski definition) is 1. The minimum absolute atomic E-state index is 0.135. The van der Waals surface area contributed by atoms with Crippen molar-refractivity contribution in [2.75, 3.05) is 4.72 Å². The molecule has 1 aromatic heterocycles. The lowest BCUT2D eigenvalue weighted by atomic mass is 10.1. The molecule has 31 heavy (non-hydrogen) atoms. The van der Waals surface area contributed by atoms with Crippen LogP contribution in [0.5, 0.6) is 0 Å². The average Bonchev–Trinajstić information content (AvgIpc) is 3.26. The van der Waals surface area contributed by atoms with E-state index in [1.54, 1.807) is 24.3 Å². The number of halogens is 1. The molecule has 0 unspecified atom stereocenters. The van der Waals surface area contributed by atoms with Gasteiger partial charge in [0, 0.05) is 6.07 Å². The van der Waals surface area contributed by atoms with Crippen LogP contribution in [0.15, 0.2) is 47.4 Å². The largest absolute Gasteiger partial charge is 0.289 e. The quantitative estimate of drug-likeness (QED) is 0.321. The minimum Gasteiger partial charge on any atom is -0.269 e. The number of carbonyl (C=O) groups is 2. The van der Waals surface area contributed by atoms with Gasteiger partial charge in [0.2, 0.25) is 5.13 Å². The standard InChI is InChI=1S/C17H10ClN5O6S2/c18-12-6-5-9(7-13(12)23(26)27)31(28,29)21-17-20-19-14(30-17)8-22-15(24)10-3-1-2-4-11(10)16(22)25/h1-7H,8H2,(H,20,21). The van der Waals surface area contributed by atoms with E-state index in [9.17, 15) is 28.1 Å². The van der Waals surface area contributed by atoms with Crippen LogP contribution in [-0.2, 0) is 16.6 Å². The Bertz CT molecular complexity index is 1320. The summed E-state index contributed by atoms with van der Waals surface area (Å²) in [6.07, 6.45) is 0. The van der Waals surface area contributed by atoms with Crippen molar-refractivity contribution >= 4 is 55.6 Å². The molecule has 2 heterocycles. The minimum atomic E-state index is -4.22. The second-order valence-corrected chi connectivity index (χ2v) is 9.37. The molecule has 0 aliphatic carbocycles. The van der Waals surface area contributed by atoms with Gasteiger partial charge in [-0.1, -0.05) is 35.1 Å². The summed E-state index contributed by atoms with van der Waals surface area (Å²) in [5.74, 6) is -0.960. The molecule has 1 aliphatic rings. The molecule has 158 valence electrons. The van der Waals surface area contributed by atoms with Crippen molar-refractivity contribution in [1.82, 2.24) is 15.1 Å². The number of anilines is 1. The molecule has 11 nitrogen and oxygen atoms in total. The number of rotatable bonds is 6. The Morgan fingerprint density at radius 1 is 1.10 bits per heavy atom. The molecule has 1 N–H and O–H groups in total. The van der Waals surface area contributed by atoms with E-state index in [1.807, 2.05) is 0 Å². The first-order valence-corrected chi connectivity index (χ1v) is 11.1. The van der Waals surface area contributed by atoms with Gasteiger partial charge in [-0.25, -0.2) is 8.42 Å². The fourth-order valence-electron chi connectivity index (χ4n) is 2.85. The fourth-order valence-corrected chi connectivity index (χ4v) is 5.02. The van der Waals surface area contributed by atoms with Gasteiger partial charge in [0.05, 0.1) is 27.5 Å². The number of imide groups is 1. The first kappa shape index (κ1) is 20.8.